The summed E-state index contributed by atoms with van der Waals surface area (Å²) in [7, 11) is 0. The average Bonchev–Trinajstić information content (AvgIpc) is 2.44. The number of likely N-dealkylation sites (N-methyl/N-ethyl adjacent to an activating group) is 1. The van der Waals surface area contributed by atoms with E-state index in [1.165, 1.54) is 0 Å². The Morgan fingerprint density at radius 1 is 1.26 bits per heavy atom. The quantitative estimate of drug-likeness (QED) is 0.622. The fourth-order valence-electron chi connectivity index (χ4n) is 1.92. The molecule has 0 bridgehead atoms. The second-order valence-electron chi connectivity index (χ2n) is 4.29. The normalized spacial score (nSPS) is 16.6. The van der Waals surface area contributed by atoms with Gasteiger partial charge in [0.15, 0.2) is 0 Å². The van der Waals surface area contributed by atoms with Gasteiger partial charge >= 0.3 is 0 Å². The van der Waals surface area contributed by atoms with Crippen LogP contribution in [0.5, 0.6) is 0 Å². The summed E-state index contributed by atoms with van der Waals surface area (Å²) in [5.41, 5.74) is 1.88. The molecule has 2 amide bonds. The van der Waals surface area contributed by atoms with Gasteiger partial charge in [-0.05, 0) is 19.1 Å². The zero-order valence-corrected chi connectivity index (χ0v) is 10.8. The highest BCUT2D eigenvalue weighted by molar-refractivity contribution is 5.91. The van der Waals surface area contributed by atoms with Crippen molar-refractivity contribution < 1.29 is 9.59 Å². The number of fused-ring (bicyclic) bond motifs is 1. The van der Waals surface area contributed by atoms with Gasteiger partial charge in [0.25, 0.3) is 0 Å². The molecule has 1 aromatic rings. The molecule has 0 aliphatic carbocycles. The topological polar surface area (TPSA) is 82.3 Å². The third-order valence-corrected chi connectivity index (χ3v) is 2.87. The lowest BCUT2D eigenvalue weighted by atomic mass is 10.1. The SMILES string of the molecule is CCNC(=O)CNC(=O)C1CNc2ccccc2N1. The molecule has 2 rings (SSSR count). The minimum Gasteiger partial charge on any atom is -0.381 e. The lowest BCUT2D eigenvalue weighted by molar-refractivity contribution is -0.126. The van der Waals surface area contributed by atoms with Crippen molar-refractivity contribution in [3.63, 3.8) is 0 Å². The van der Waals surface area contributed by atoms with Crippen molar-refractivity contribution in [2.75, 3.05) is 30.3 Å². The van der Waals surface area contributed by atoms with E-state index < -0.39 is 0 Å². The molecule has 1 unspecified atom stereocenters. The van der Waals surface area contributed by atoms with Crippen molar-refractivity contribution in [1.82, 2.24) is 10.6 Å². The van der Waals surface area contributed by atoms with Gasteiger partial charge in [-0.1, -0.05) is 12.1 Å². The average molecular weight is 262 g/mol. The zero-order valence-electron chi connectivity index (χ0n) is 10.8. The van der Waals surface area contributed by atoms with Gasteiger partial charge in [0.2, 0.25) is 11.8 Å². The van der Waals surface area contributed by atoms with Gasteiger partial charge in [0.05, 0.1) is 17.9 Å². The highest BCUT2D eigenvalue weighted by atomic mass is 16.2. The molecule has 0 radical (unpaired) electrons. The molecule has 1 heterocycles. The van der Waals surface area contributed by atoms with E-state index in [0.29, 0.717) is 13.1 Å². The predicted molar refractivity (Wildman–Crippen MR) is 74.0 cm³/mol. The number of benzene rings is 1. The van der Waals surface area contributed by atoms with Crippen LogP contribution in [0.4, 0.5) is 11.4 Å². The fraction of sp³-hybridized carbons (Fsp3) is 0.385. The van der Waals surface area contributed by atoms with Crippen LogP contribution in [0, 0.1) is 0 Å². The van der Waals surface area contributed by atoms with Crippen molar-refractivity contribution in [2.24, 2.45) is 0 Å². The first-order valence-corrected chi connectivity index (χ1v) is 6.34. The van der Waals surface area contributed by atoms with Crippen LogP contribution in [0.3, 0.4) is 0 Å². The second kappa shape index (κ2) is 6.08. The third kappa shape index (κ3) is 3.37. The first kappa shape index (κ1) is 13.2. The van der Waals surface area contributed by atoms with E-state index in [0.717, 1.165) is 11.4 Å². The summed E-state index contributed by atoms with van der Waals surface area (Å²) in [5.74, 6) is -0.367. The van der Waals surface area contributed by atoms with E-state index in [-0.39, 0.29) is 24.4 Å². The van der Waals surface area contributed by atoms with Crippen LogP contribution in [0.1, 0.15) is 6.92 Å². The minimum absolute atomic E-state index is 0.00645. The summed E-state index contributed by atoms with van der Waals surface area (Å²) < 4.78 is 0. The highest BCUT2D eigenvalue weighted by Gasteiger charge is 2.23. The lowest BCUT2D eigenvalue weighted by Gasteiger charge is -2.27. The molecule has 0 saturated heterocycles. The predicted octanol–water partition coefficient (Wildman–Crippen LogP) is 0.145. The van der Waals surface area contributed by atoms with E-state index in [2.05, 4.69) is 21.3 Å². The number of carbonyl (C=O) groups excluding carboxylic acids is 2. The van der Waals surface area contributed by atoms with E-state index in [4.69, 9.17) is 0 Å². The van der Waals surface area contributed by atoms with Crippen molar-refractivity contribution in [3.8, 4) is 0 Å². The smallest absolute Gasteiger partial charge is 0.244 e. The van der Waals surface area contributed by atoms with Gasteiger partial charge in [-0.25, -0.2) is 0 Å². The van der Waals surface area contributed by atoms with Crippen LogP contribution >= 0.6 is 0 Å². The molecule has 0 spiro atoms. The Balaban J connectivity index is 1.87. The maximum atomic E-state index is 11.9. The summed E-state index contributed by atoms with van der Waals surface area (Å²) in [6.45, 7) is 2.90. The lowest BCUT2D eigenvalue weighted by Crippen LogP contribution is -2.48. The molecular weight excluding hydrogens is 244 g/mol. The van der Waals surface area contributed by atoms with E-state index in [9.17, 15) is 9.59 Å². The maximum absolute atomic E-state index is 11.9. The summed E-state index contributed by atoms with van der Waals surface area (Å²) in [6, 6.07) is 7.33. The van der Waals surface area contributed by atoms with Crippen LogP contribution in [-0.2, 0) is 9.59 Å². The Bertz CT molecular complexity index is 475. The van der Waals surface area contributed by atoms with Crippen molar-refractivity contribution in [1.29, 1.82) is 0 Å². The molecule has 6 heteroatoms. The Morgan fingerprint density at radius 2 is 2.00 bits per heavy atom. The monoisotopic (exact) mass is 262 g/mol. The molecule has 102 valence electrons. The number of hydrogen-bond donors (Lipinski definition) is 4. The van der Waals surface area contributed by atoms with Crippen LogP contribution in [0.15, 0.2) is 24.3 Å². The Morgan fingerprint density at radius 3 is 2.74 bits per heavy atom. The summed E-state index contributed by atoms with van der Waals surface area (Å²) >= 11 is 0. The van der Waals surface area contributed by atoms with Crippen molar-refractivity contribution in [2.45, 2.75) is 13.0 Å². The number of carbonyl (C=O) groups is 2. The van der Waals surface area contributed by atoms with Crippen LogP contribution in [0.2, 0.25) is 0 Å². The van der Waals surface area contributed by atoms with Crippen LogP contribution < -0.4 is 21.3 Å². The van der Waals surface area contributed by atoms with Gasteiger partial charge in [-0.15, -0.1) is 0 Å². The van der Waals surface area contributed by atoms with E-state index in [1.807, 2.05) is 31.2 Å². The summed E-state index contributed by atoms with van der Waals surface area (Å²) in [4.78, 5) is 23.2. The number of para-hydroxylation sites is 2. The molecular formula is C13H18N4O2. The Kier molecular flexibility index (Phi) is 4.22. The molecule has 1 atom stereocenters. The van der Waals surface area contributed by atoms with Gasteiger partial charge in [-0.3, -0.25) is 9.59 Å². The van der Waals surface area contributed by atoms with Gasteiger partial charge in [0.1, 0.15) is 6.04 Å². The standard InChI is InChI=1S/C13H18N4O2/c1-2-14-12(18)8-16-13(19)11-7-15-9-5-3-4-6-10(9)17-11/h3-6,11,15,17H,2,7-8H2,1H3,(H,14,18)(H,16,19). The van der Waals surface area contributed by atoms with Crippen molar-refractivity contribution >= 4 is 23.2 Å². The zero-order chi connectivity index (χ0) is 13.7. The van der Waals surface area contributed by atoms with Gasteiger partial charge in [-0.2, -0.15) is 0 Å². The molecule has 4 N–H and O–H groups in total. The first-order valence-electron chi connectivity index (χ1n) is 6.34. The Hall–Kier alpha value is -2.24. The molecule has 19 heavy (non-hydrogen) atoms. The van der Waals surface area contributed by atoms with E-state index in [1.54, 1.807) is 0 Å². The number of anilines is 2. The fourth-order valence-corrected chi connectivity index (χ4v) is 1.92. The molecule has 1 aliphatic heterocycles. The number of hydrogen-bond acceptors (Lipinski definition) is 4. The first-order chi connectivity index (χ1) is 9.20. The molecule has 0 saturated carbocycles. The number of amides is 2. The third-order valence-electron chi connectivity index (χ3n) is 2.87. The molecule has 0 aromatic heterocycles. The second-order valence-corrected chi connectivity index (χ2v) is 4.29. The van der Waals surface area contributed by atoms with Crippen LogP contribution in [0.25, 0.3) is 0 Å². The molecule has 1 aliphatic rings. The van der Waals surface area contributed by atoms with Gasteiger partial charge < -0.3 is 21.3 Å². The Labute approximate surface area is 112 Å². The van der Waals surface area contributed by atoms with Crippen molar-refractivity contribution in [3.05, 3.63) is 24.3 Å². The summed E-state index contributed by atoms with van der Waals surface area (Å²) in [5, 5.41) is 11.6. The maximum Gasteiger partial charge on any atom is 0.244 e. The number of nitrogens with one attached hydrogen (secondary N) is 4. The van der Waals surface area contributed by atoms with Crippen LogP contribution in [-0.4, -0.2) is 37.5 Å². The largest absolute Gasteiger partial charge is 0.381 e. The molecule has 1 aromatic carbocycles. The molecule has 0 fully saturated rings. The molecule has 6 nitrogen and oxygen atoms in total. The summed E-state index contributed by atoms with van der Waals surface area (Å²) in [6.07, 6.45) is 0. The van der Waals surface area contributed by atoms with E-state index >= 15 is 0 Å². The number of rotatable bonds is 4. The van der Waals surface area contributed by atoms with Gasteiger partial charge in [0, 0.05) is 13.1 Å². The highest BCUT2D eigenvalue weighted by Crippen LogP contribution is 2.24. The minimum atomic E-state index is -0.371.